The van der Waals surface area contributed by atoms with E-state index in [2.05, 4.69) is 45.0 Å². The van der Waals surface area contributed by atoms with Crippen LogP contribution in [0.5, 0.6) is 0 Å². The van der Waals surface area contributed by atoms with Gasteiger partial charge in [0.25, 0.3) is 0 Å². The van der Waals surface area contributed by atoms with Crippen LogP contribution in [-0.4, -0.2) is 28.8 Å². The maximum atomic E-state index is 4.34. The number of rotatable bonds is 4. The van der Waals surface area contributed by atoms with Crippen LogP contribution in [0.15, 0.2) is 47.7 Å². The van der Waals surface area contributed by atoms with E-state index >= 15 is 0 Å². The Morgan fingerprint density at radius 2 is 2.00 bits per heavy atom. The molecule has 23 heavy (non-hydrogen) atoms. The van der Waals surface area contributed by atoms with Crippen molar-refractivity contribution in [3.63, 3.8) is 0 Å². The molecule has 1 heterocycles. The van der Waals surface area contributed by atoms with Gasteiger partial charge in [-0.05, 0) is 36.6 Å². The molecule has 2 N–H and O–H groups in total. The number of nitrogens with one attached hydrogen (secondary N) is 2. The largest absolute Gasteiger partial charge is 0.354 e. The molecule has 122 valence electrons. The fourth-order valence-corrected chi connectivity index (χ4v) is 3.01. The number of hydrogen-bond acceptors (Lipinski definition) is 2. The Bertz CT molecular complexity index is 609. The summed E-state index contributed by atoms with van der Waals surface area (Å²) in [6.45, 7) is 0.770. The van der Waals surface area contributed by atoms with Gasteiger partial charge in [-0.15, -0.1) is 0 Å². The lowest BCUT2D eigenvalue weighted by atomic mass is 9.96. The zero-order valence-corrected chi connectivity index (χ0v) is 13.7. The lowest BCUT2D eigenvalue weighted by Crippen LogP contribution is -2.43. The molecule has 5 heteroatoms. The molecule has 0 atom stereocenters. The summed E-state index contributed by atoms with van der Waals surface area (Å²) in [5.41, 5.74) is 2.30. The van der Waals surface area contributed by atoms with Crippen LogP contribution in [-0.2, 0) is 6.54 Å². The van der Waals surface area contributed by atoms with Crippen molar-refractivity contribution in [2.45, 2.75) is 44.7 Å². The summed E-state index contributed by atoms with van der Waals surface area (Å²) in [6, 6.07) is 10.9. The van der Waals surface area contributed by atoms with Gasteiger partial charge in [-0.25, -0.2) is 4.68 Å². The number of aromatic nitrogens is 2. The molecular formula is C18H25N5. The zero-order valence-electron chi connectivity index (χ0n) is 13.7. The van der Waals surface area contributed by atoms with Gasteiger partial charge in [-0.3, -0.25) is 4.99 Å². The quantitative estimate of drug-likeness (QED) is 0.674. The SMILES string of the molecule is CN=C(NCc1ccc(-n2cccn2)cc1)NC1CCCCC1. The second-order valence-electron chi connectivity index (χ2n) is 6.02. The lowest BCUT2D eigenvalue weighted by molar-refractivity contribution is 0.410. The molecule has 0 aliphatic heterocycles. The van der Waals surface area contributed by atoms with Gasteiger partial charge in [-0.1, -0.05) is 31.4 Å². The minimum atomic E-state index is 0.567. The third kappa shape index (κ3) is 4.34. The molecule has 0 bridgehead atoms. The van der Waals surface area contributed by atoms with Gasteiger partial charge in [0, 0.05) is 32.0 Å². The summed E-state index contributed by atoms with van der Waals surface area (Å²) < 4.78 is 1.86. The average molecular weight is 311 g/mol. The molecule has 1 aromatic heterocycles. The lowest BCUT2D eigenvalue weighted by Gasteiger charge is -2.24. The van der Waals surface area contributed by atoms with Crippen molar-refractivity contribution in [2.24, 2.45) is 4.99 Å². The van der Waals surface area contributed by atoms with E-state index in [9.17, 15) is 0 Å². The summed E-state index contributed by atoms with van der Waals surface area (Å²) in [5, 5.41) is 11.2. The Labute approximate surface area is 137 Å². The summed E-state index contributed by atoms with van der Waals surface area (Å²) in [6.07, 6.45) is 10.2. The molecule has 0 amide bonds. The number of benzene rings is 1. The number of hydrogen-bond donors (Lipinski definition) is 2. The van der Waals surface area contributed by atoms with Gasteiger partial charge in [0.2, 0.25) is 0 Å². The Morgan fingerprint density at radius 1 is 1.22 bits per heavy atom. The molecule has 0 radical (unpaired) electrons. The Kier molecular flexibility index (Phi) is 5.29. The van der Waals surface area contributed by atoms with Crippen LogP contribution in [0.1, 0.15) is 37.7 Å². The molecule has 0 saturated heterocycles. The zero-order chi connectivity index (χ0) is 15.9. The number of guanidine groups is 1. The van der Waals surface area contributed by atoms with Gasteiger partial charge in [0.1, 0.15) is 0 Å². The smallest absolute Gasteiger partial charge is 0.191 e. The first-order valence-electron chi connectivity index (χ1n) is 8.41. The molecule has 1 aliphatic rings. The summed E-state index contributed by atoms with van der Waals surface area (Å²) in [4.78, 5) is 4.34. The van der Waals surface area contributed by atoms with Crippen molar-refractivity contribution >= 4 is 5.96 Å². The molecule has 3 rings (SSSR count). The Morgan fingerprint density at radius 3 is 2.65 bits per heavy atom. The average Bonchev–Trinajstić information content (AvgIpc) is 3.14. The summed E-state index contributed by atoms with van der Waals surface area (Å²) in [5.74, 6) is 0.896. The van der Waals surface area contributed by atoms with Crippen molar-refractivity contribution < 1.29 is 0 Å². The van der Waals surface area contributed by atoms with E-state index in [0.29, 0.717) is 6.04 Å². The molecule has 0 unspecified atom stereocenters. The minimum absolute atomic E-state index is 0.567. The highest BCUT2D eigenvalue weighted by Crippen LogP contribution is 2.17. The van der Waals surface area contributed by atoms with Gasteiger partial charge >= 0.3 is 0 Å². The predicted octanol–water partition coefficient (Wildman–Crippen LogP) is 2.87. The van der Waals surface area contributed by atoms with E-state index < -0.39 is 0 Å². The minimum Gasteiger partial charge on any atom is -0.354 e. The number of aliphatic imine (C=N–C) groups is 1. The van der Waals surface area contributed by atoms with Crippen molar-refractivity contribution in [1.29, 1.82) is 0 Å². The Balaban J connectivity index is 1.52. The highest BCUT2D eigenvalue weighted by atomic mass is 15.3. The third-order valence-electron chi connectivity index (χ3n) is 4.33. The highest BCUT2D eigenvalue weighted by molar-refractivity contribution is 5.79. The van der Waals surface area contributed by atoms with Crippen LogP contribution in [0.4, 0.5) is 0 Å². The van der Waals surface area contributed by atoms with Gasteiger partial charge in [0.15, 0.2) is 5.96 Å². The van der Waals surface area contributed by atoms with Gasteiger partial charge in [0.05, 0.1) is 5.69 Å². The predicted molar refractivity (Wildman–Crippen MR) is 93.8 cm³/mol. The van der Waals surface area contributed by atoms with E-state index in [1.165, 1.54) is 37.7 Å². The molecule has 1 aromatic carbocycles. The molecule has 2 aromatic rings. The van der Waals surface area contributed by atoms with Crippen LogP contribution in [0.3, 0.4) is 0 Å². The normalized spacial score (nSPS) is 16.3. The van der Waals surface area contributed by atoms with Crippen LogP contribution < -0.4 is 10.6 Å². The Hall–Kier alpha value is -2.30. The molecule has 5 nitrogen and oxygen atoms in total. The molecular weight excluding hydrogens is 286 g/mol. The van der Waals surface area contributed by atoms with Crippen molar-refractivity contribution in [2.75, 3.05) is 7.05 Å². The van der Waals surface area contributed by atoms with Crippen molar-refractivity contribution in [3.8, 4) is 5.69 Å². The standard InChI is InChI=1S/C18H25N5/c1-19-18(22-16-6-3-2-4-7-16)20-14-15-8-10-17(11-9-15)23-13-5-12-21-23/h5,8-13,16H,2-4,6-7,14H2,1H3,(H2,19,20,22). The molecule has 0 spiro atoms. The fraction of sp³-hybridized carbons (Fsp3) is 0.444. The maximum absolute atomic E-state index is 4.34. The number of nitrogens with zero attached hydrogens (tertiary/aromatic N) is 3. The monoisotopic (exact) mass is 311 g/mol. The van der Waals surface area contributed by atoms with E-state index in [0.717, 1.165) is 18.2 Å². The molecule has 1 aliphatic carbocycles. The second kappa shape index (κ2) is 7.81. The first-order valence-corrected chi connectivity index (χ1v) is 8.41. The summed E-state index contributed by atoms with van der Waals surface area (Å²) in [7, 11) is 1.83. The van der Waals surface area contributed by atoms with E-state index in [-0.39, 0.29) is 0 Å². The third-order valence-corrected chi connectivity index (χ3v) is 4.33. The van der Waals surface area contributed by atoms with Gasteiger partial charge in [-0.2, -0.15) is 5.10 Å². The van der Waals surface area contributed by atoms with Crippen LogP contribution in [0, 0.1) is 0 Å². The highest BCUT2D eigenvalue weighted by Gasteiger charge is 2.14. The van der Waals surface area contributed by atoms with Crippen LogP contribution in [0.25, 0.3) is 5.69 Å². The van der Waals surface area contributed by atoms with E-state index in [4.69, 9.17) is 0 Å². The van der Waals surface area contributed by atoms with Crippen molar-refractivity contribution in [3.05, 3.63) is 48.3 Å². The van der Waals surface area contributed by atoms with E-state index in [1.807, 2.05) is 24.0 Å². The second-order valence-corrected chi connectivity index (χ2v) is 6.02. The fourth-order valence-electron chi connectivity index (χ4n) is 3.01. The maximum Gasteiger partial charge on any atom is 0.191 e. The van der Waals surface area contributed by atoms with Gasteiger partial charge < -0.3 is 10.6 Å². The molecule has 1 saturated carbocycles. The van der Waals surface area contributed by atoms with Crippen LogP contribution in [0.2, 0.25) is 0 Å². The topological polar surface area (TPSA) is 54.2 Å². The van der Waals surface area contributed by atoms with Crippen molar-refractivity contribution in [1.82, 2.24) is 20.4 Å². The van der Waals surface area contributed by atoms with Crippen LogP contribution >= 0.6 is 0 Å². The first kappa shape index (κ1) is 15.6. The molecule has 1 fully saturated rings. The van der Waals surface area contributed by atoms with E-state index in [1.54, 1.807) is 6.20 Å². The summed E-state index contributed by atoms with van der Waals surface area (Å²) >= 11 is 0. The first-order chi connectivity index (χ1) is 11.3.